The summed E-state index contributed by atoms with van der Waals surface area (Å²) in [6, 6.07) is -1.35. The predicted octanol–water partition coefficient (Wildman–Crippen LogP) is -0.387. The van der Waals surface area contributed by atoms with E-state index in [9.17, 15) is 33.9 Å². The van der Waals surface area contributed by atoms with E-state index in [4.69, 9.17) is 9.47 Å². The summed E-state index contributed by atoms with van der Waals surface area (Å²) in [6.45, 7) is 0.905. The van der Waals surface area contributed by atoms with Crippen LogP contribution in [0.25, 0.3) is 0 Å². The maximum atomic E-state index is 13.2. The number of carboxylic acids is 1. The minimum absolute atomic E-state index is 0.143. The molecule has 2 aliphatic heterocycles. The minimum Gasteiger partial charge on any atom is -0.482 e. The fourth-order valence-electron chi connectivity index (χ4n) is 3.81. The van der Waals surface area contributed by atoms with Crippen molar-refractivity contribution in [2.24, 2.45) is 0 Å². The Morgan fingerprint density at radius 1 is 1.32 bits per heavy atom. The number of rotatable bonds is 9. The third-order valence-corrected chi connectivity index (χ3v) is 7.58. The maximum Gasteiger partial charge on any atom is 0.352 e. The number of aliphatic carboxylic acids is 1. The largest absolute Gasteiger partial charge is 0.482 e. The first kappa shape index (κ1) is 26.9. The number of esters is 1. The number of ether oxygens (including phenoxy) is 2. The van der Waals surface area contributed by atoms with Crippen molar-refractivity contribution in [3.05, 3.63) is 55.9 Å². The lowest BCUT2D eigenvalue weighted by molar-refractivity contribution is -0.151. The Morgan fingerprint density at radius 3 is 2.68 bits per heavy atom. The van der Waals surface area contributed by atoms with Crippen molar-refractivity contribution >= 4 is 52.8 Å². The number of nitrogens with zero attached hydrogens (tertiary/aromatic N) is 2. The molecule has 2 aromatic rings. The Bertz CT molecular complexity index is 1390. The van der Waals surface area contributed by atoms with Crippen molar-refractivity contribution in [3.8, 4) is 5.88 Å². The Morgan fingerprint density at radius 2 is 2.08 bits per heavy atom. The number of carboxylic acid groups (broad SMARTS) is 1. The summed E-state index contributed by atoms with van der Waals surface area (Å²) in [6.07, 6.45) is 1.14. The summed E-state index contributed by atoms with van der Waals surface area (Å²) < 4.78 is 9.82. The lowest BCUT2D eigenvalue weighted by Crippen LogP contribution is -2.71. The molecule has 4 N–H and O–H groups in total. The number of carbonyl (C=O) groups excluding carboxylic acids is 4. The van der Waals surface area contributed by atoms with E-state index in [1.165, 1.54) is 48.0 Å². The lowest BCUT2D eigenvalue weighted by atomic mass is 10.0. The first-order valence-corrected chi connectivity index (χ1v) is 12.9. The maximum absolute atomic E-state index is 13.2. The van der Waals surface area contributed by atoms with Gasteiger partial charge in [0.05, 0.1) is 18.3 Å². The Labute approximate surface area is 222 Å². The van der Waals surface area contributed by atoms with Crippen LogP contribution < -0.4 is 20.8 Å². The average Bonchev–Trinajstić information content (AvgIpc) is 3.42. The van der Waals surface area contributed by atoms with Crippen LogP contribution in [0.5, 0.6) is 5.88 Å². The highest BCUT2D eigenvalue weighted by molar-refractivity contribution is 8.00. The first-order valence-electron chi connectivity index (χ1n) is 10.9. The monoisotopic (exact) mass is 563 g/mol. The van der Waals surface area contributed by atoms with E-state index in [-0.39, 0.29) is 40.8 Å². The van der Waals surface area contributed by atoms with Crippen LogP contribution in [0.4, 0.5) is 0 Å². The van der Waals surface area contributed by atoms with E-state index in [0.29, 0.717) is 0 Å². The van der Waals surface area contributed by atoms with Crippen LogP contribution in [-0.4, -0.2) is 80.5 Å². The molecule has 16 heteroatoms. The molecule has 3 atom stereocenters. The van der Waals surface area contributed by atoms with Gasteiger partial charge >= 0.3 is 11.9 Å². The fraction of sp³-hybridized carbons (Fsp3) is 0.318. The molecule has 4 rings (SSSR count). The quantitative estimate of drug-likeness (QED) is 0.229. The number of hydrogen-bond acceptors (Lipinski definition) is 11. The molecule has 1 unspecified atom stereocenters. The third kappa shape index (κ3) is 5.26. The number of aromatic amines is 1. The number of methoxy groups -OCH3 is 1. The van der Waals surface area contributed by atoms with Crippen molar-refractivity contribution in [2.45, 2.75) is 24.4 Å². The van der Waals surface area contributed by atoms with E-state index in [1.807, 2.05) is 0 Å². The van der Waals surface area contributed by atoms with Gasteiger partial charge < -0.3 is 30.2 Å². The topological polar surface area (TPSA) is 197 Å². The van der Waals surface area contributed by atoms with Crippen LogP contribution in [0.15, 0.2) is 39.2 Å². The summed E-state index contributed by atoms with van der Waals surface area (Å²) in [7, 11) is 1.34. The van der Waals surface area contributed by atoms with Gasteiger partial charge in [-0.2, -0.15) is 0 Å². The smallest absolute Gasteiger partial charge is 0.352 e. The number of β-lactam (4-membered cyclic amide) rings is 1. The van der Waals surface area contributed by atoms with Gasteiger partial charge in [-0.25, -0.2) is 9.78 Å². The van der Waals surface area contributed by atoms with Gasteiger partial charge in [0.25, 0.3) is 11.8 Å². The number of thiazole rings is 1. The van der Waals surface area contributed by atoms with Crippen LogP contribution in [0.2, 0.25) is 0 Å². The summed E-state index contributed by atoms with van der Waals surface area (Å²) in [4.78, 5) is 82.1. The normalized spacial score (nSPS) is 19.1. The number of pyridine rings is 1. The standard InChI is InChI=1S/C22H21N5O9S2/c1-9(28)36-5-10-6-38-21-16(20(32)27(21)17(10)22(33)34)26-19(31)15(12-7-37-8-24-12)25-18(30)11-4-23-14(35-2)3-13(11)29/h3-4,7-8,15-16,21H,5-6H2,1-2H3,(H,23,29)(H,25,30)(H,26,31)(H,33,34)/t15?,16-,21-/m1/s1. The first-order chi connectivity index (χ1) is 18.1. The third-order valence-electron chi connectivity index (χ3n) is 5.63. The SMILES string of the molecule is COc1cc(=O)c(C(=O)NC(C(=O)N[C@@H]2C(=O)N3C(C(=O)O)=C(COC(C)=O)CS[C@H]23)c2cscn2)c[nH]1. The Kier molecular flexibility index (Phi) is 7.82. The van der Waals surface area contributed by atoms with Gasteiger partial charge in [0, 0.05) is 35.9 Å². The van der Waals surface area contributed by atoms with Crippen molar-refractivity contribution in [1.29, 1.82) is 0 Å². The van der Waals surface area contributed by atoms with Crippen LogP contribution in [0.3, 0.4) is 0 Å². The lowest BCUT2D eigenvalue weighted by Gasteiger charge is -2.49. The Hall–Kier alpha value is -4.18. The second-order valence-electron chi connectivity index (χ2n) is 8.03. The number of H-pyrrole nitrogens is 1. The number of thioether (sulfide) groups is 1. The number of nitrogens with one attached hydrogen (secondary N) is 3. The summed E-state index contributed by atoms with van der Waals surface area (Å²) >= 11 is 2.36. The zero-order valence-electron chi connectivity index (χ0n) is 19.9. The molecule has 2 aromatic heterocycles. The second kappa shape index (κ2) is 11.1. The van der Waals surface area contributed by atoms with Crippen molar-refractivity contribution < 1.29 is 38.6 Å². The molecule has 14 nitrogen and oxygen atoms in total. The fourth-order valence-corrected chi connectivity index (χ4v) is 5.72. The highest BCUT2D eigenvalue weighted by Crippen LogP contribution is 2.40. The van der Waals surface area contributed by atoms with E-state index in [2.05, 4.69) is 20.6 Å². The molecular weight excluding hydrogens is 542 g/mol. The summed E-state index contributed by atoms with van der Waals surface area (Å²) in [5.74, 6) is -3.98. The second-order valence-corrected chi connectivity index (χ2v) is 9.86. The van der Waals surface area contributed by atoms with Gasteiger partial charge in [-0.1, -0.05) is 0 Å². The molecule has 3 amide bonds. The zero-order valence-corrected chi connectivity index (χ0v) is 21.5. The number of aromatic nitrogens is 2. The van der Waals surface area contributed by atoms with Crippen molar-refractivity contribution in [1.82, 2.24) is 25.5 Å². The van der Waals surface area contributed by atoms with Crippen LogP contribution in [0.1, 0.15) is 29.0 Å². The molecule has 38 heavy (non-hydrogen) atoms. The van der Waals surface area contributed by atoms with Gasteiger partial charge in [-0.15, -0.1) is 23.1 Å². The molecule has 0 aromatic carbocycles. The van der Waals surface area contributed by atoms with Crippen molar-refractivity contribution in [2.75, 3.05) is 19.5 Å². The van der Waals surface area contributed by atoms with Crippen LogP contribution in [-0.2, 0) is 23.9 Å². The molecule has 4 heterocycles. The Balaban J connectivity index is 1.51. The van der Waals surface area contributed by atoms with Crippen molar-refractivity contribution in [3.63, 3.8) is 0 Å². The molecule has 2 aliphatic rings. The van der Waals surface area contributed by atoms with E-state index in [0.717, 1.165) is 17.2 Å². The zero-order chi connectivity index (χ0) is 27.6. The van der Waals surface area contributed by atoms with E-state index < -0.39 is 52.5 Å². The number of carbonyl (C=O) groups is 5. The molecule has 0 saturated carbocycles. The van der Waals surface area contributed by atoms with Gasteiger partial charge in [0.15, 0.2) is 17.4 Å². The predicted molar refractivity (Wildman–Crippen MR) is 132 cm³/mol. The summed E-state index contributed by atoms with van der Waals surface area (Å²) in [5, 5.41) is 15.5. The molecule has 1 saturated heterocycles. The molecule has 1 fully saturated rings. The van der Waals surface area contributed by atoms with Gasteiger partial charge in [-0.05, 0) is 0 Å². The highest BCUT2D eigenvalue weighted by Gasteiger charge is 2.54. The molecule has 0 bridgehead atoms. The highest BCUT2D eigenvalue weighted by atomic mass is 32.2. The molecule has 200 valence electrons. The molecule has 0 radical (unpaired) electrons. The number of amides is 3. The van der Waals surface area contributed by atoms with Gasteiger partial charge in [0.2, 0.25) is 5.91 Å². The average molecular weight is 564 g/mol. The van der Waals surface area contributed by atoms with Crippen LogP contribution in [0, 0.1) is 0 Å². The van der Waals surface area contributed by atoms with Crippen LogP contribution >= 0.6 is 23.1 Å². The summed E-state index contributed by atoms with van der Waals surface area (Å²) in [5.41, 5.74) is 0.670. The van der Waals surface area contributed by atoms with E-state index >= 15 is 0 Å². The van der Waals surface area contributed by atoms with Gasteiger partial charge in [-0.3, -0.25) is 28.9 Å². The molecule has 0 aliphatic carbocycles. The molecule has 0 spiro atoms. The van der Waals surface area contributed by atoms with E-state index in [1.54, 1.807) is 0 Å². The minimum atomic E-state index is -1.37. The number of hydrogen-bond donors (Lipinski definition) is 4. The molecular formula is C22H21N5O9S2. The number of fused-ring (bicyclic) bond motifs is 1. The van der Waals surface area contributed by atoms with Gasteiger partial charge in [0.1, 0.15) is 29.3 Å².